The molecule has 0 spiro atoms. The molecule has 3 rings (SSSR count). The van der Waals surface area contributed by atoms with Crippen molar-refractivity contribution in [1.29, 1.82) is 0 Å². The van der Waals surface area contributed by atoms with Crippen molar-refractivity contribution in [2.24, 2.45) is 0 Å². The summed E-state index contributed by atoms with van der Waals surface area (Å²) in [6, 6.07) is 15.6. The first-order chi connectivity index (χ1) is 11.0. The molecule has 0 bridgehead atoms. The number of carbonyl (C=O) groups is 1. The molecule has 4 nitrogen and oxygen atoms in total. The van der Waals surface area contributed by atoms with E-state index < -0.39 is 15.1 Å². The van der Waals surface area contributed by atoms with Crippen LogP contribution in [0.15, 0.2) is 64.0 Å². The van der Waals surface area contributed by atoms with E-state index in [9.17, 15) is 13.2 Å². The van der Waals surface area contributed by atoms with Crippen LogP contribution in [0.25, 0.3) is 0 Å². The third kappa shape index (κ3) is 3.19. The van der Waals surface area contributed by atoms with Crippen LogP contribution >= 0.6 is 15.9 Å². The van der Waals surface area contributed by atoms with Crippen molar-refractivity contribution in [3.05, 3.63) is 64.6 Å². The number of rotatable bonds is 3. The van der Waals surface area contributed by atoms with Crippen LogP contribution in [-0.2, 0) is 9.84 Å². The summed E-state index contributed by atoms with van der Waals surface area (Å²) in [5.41, 5.74) is 0.560. The fourth-order valence-electron chi connectivity index (χ4n) is 2.77. The lowest BCUT2D eigenvalue weighted by Gasteiger charge is -2.17. The number of benzene rings is 2. The molecule has 1 amide bonds. The molecule has 120 valence electrons. The lowest BCUT2D eigenvalue weighted by atomic mass is 10.2. The van der Waals surface area contributed by atoms with Crippen molar-refractivity contribution in [1.82, 2.24) is 4.90 Å². The third-order valence-corrected chi connectivity index (χ3v) is 6.93. The molecule has 0 aromatic heterocycles. The first-order valence-electron chi connectivity index (χ1n) is 7.33. The predicted octanol–water partition coefficient (Wildman–Crippen LogP) is 3.14. The Kier molecular flexibility index (Phi) is 4.55. The zero-order valence-electron chi connectivity index (χ0n) is 12.4. The van der Waals surface area contributed by atoms with Gasteiger partial charge in [-0.3, -0.25) is 4.79 Å². The van der Waals surface area contributed by atoms with Gasteiger partial charge in [0.25, 0.3) is 5.91 Å². The first kappa shape index (κ1) is 16.2. The molecular formula is C17H16BrNO3S. The Balaban J connectivity index is 1.79. The molecule has 1 aliphatic rings. The van der Waals surface area contributed by atoms with E-state index in [0.717, 1.165) is 4.47 Å². The summed E-state index contributed by atoms with van der Waals surface area (Å²) in [7, 11) is -3.40. The first-order valence-corrected chi connectivity index (χ1v) is 9.67. The Morgan fingerprint density at radius 3 is 2.39 bits per heavy atom. The SMILES string of the molecule is O=C(c1ccccc1Br)N1CC[C@H](S(=O)(=O)c2ccccc2)C1. The van der Waals surface area contributed by atoms with Crippen molar-refractivity contribution in [2.45, 2.75) is 16.6 Å². The Hall–Kier alpha value is -1.66. The van der Waals surface area contributed by atoms with E-state index in [-0.39, 0.29) is 12.5 Å². The minimum absolute atomic E-state index is 0.136. The monoisotopic (exact) mass is 393 g/mol. The van der Waals surface area contributed by atoms with Crippen molar-refractivity contribution in [2.75, 3.05) is 13.1 Å². The molecule has 1 aliphatic heterocycles. The predicted molar refractivity (Wildman–Crippen MR) is 92.1 cm³/mol. The molecule has 0 aliphatic carbocycles. The van der Waals surface area contributed by atoms with Crippen LogP contribution in [0.3, 0.4) is 0 Å². The van der Waals surface area contributed by atoms with Gasteiger partial charge in [-0.25, -0.2) is 8.42 Å². The maximum Gasteiger partial charge on any atom is 0.255 e. The number of sulfone groups is 1. The summed E-state index contributed by atoms with van der Waals surface area (Å²) in [5.74, 6) is -0.136. The maximum absolute atomic E-state index is 12.7. The van der Waals surface area contributed by atoms with Crippen LogP contribution in [0.4, 0.5) is 0 Å². The standard InChI is InChI=1S/C17H16BrNO3S/c18-16-9-5-4-8-15(16)17(20)19-11-10-14(12-19)23(21,22)13-6-2-1-3-7-13/h1-9,14H,10-12H2/t14-/m0/s1. The molecule has 2 aromatic rings. The van der Waals surface area contributed by atoms with E-state index in [1.165, 1.54) is 0 Å². The molecule has 0 unspecified atom stereocenters. The third-order valence-electron chi connectivity index (χ3n) is 4.05. The number of nitrogens with zero attached hydrogens (tertiary/aromatic N) is 1. The largest absolute Gasteiger partial charge is 0.337 e. The number of halogens is 1. The molecule has 1 saturated heterocycles. The molecule has 0 N–H and O–H groups in total. The molecule has 1 heterocycles. The molecule has 0 radical (unpaired) electrons. The number of carbonyl (C=O) groups excluding carboxylic acids is 1. The van der Waals surface area contributed by atoms with Gasteiger partial charge in [0, 0.05) is 17.6 Å². The maximum atomic E-state index is 12.7. The van der Waals surface area contributed by atoms with E-state index in [1.54, 1.807) is 47.4 Å². The second-order valence-electron chi connectivity index (χ2n) is 5.50. The van der Waals surface area contributed by atoms with Crippen LogP contribution < -0.4 is 0 Å². The Labute approximate surface area is 144 Å². The highest BCUT2D eigenvalue weighted by Gasteiger charge is 2.36. The van der Waals surface area contributed by atoms with E-state index in [4.69, 9.17) is 0 Å². The minimum atomic E-state index is -3.40. The zero-order valence-corrected chi connectivity index (χ0v) is 14.8. The number of hydrogen-bond acceptors (Lipinski definition) is 3. The highest BCUT2D eigenvalue weighted by molar-refractivity contribution is 9.10. The van der Waals surface area contributed by atoms with E-state index in [1.807, 2.05) is 12.1 Å². The van der Waals surface area contributed by atoms with Crippen LogP contribution in [0, 0.1) is 0 Å². The summed E-state index contributed by atoms with van der Waals surface area (Å²) in [4.78, 5) is 14.5. The quantitative estimate of drug-likeness (QED) is 0.804. The second-order valence-corrected chi connectivity index (χ2v) is 8.58. The van der Waals surface area contributed by atoms with Gasteiger partial charge in [-0.2, -0.15) is 0 Å². The molecule has 1 fully saturated rings. The fourth-order valence-corrected chi connectivity index (χ4v) is 4.94. The topological polar surface area (TPSA) is 54.5 Å². The molecule has 6 heteroatoms. The van der Waals surface area contributed by atoms with Gasteiger partial charge < -0.3 is 4.90 Å². The fraction of sp³-hybridized carbons (Fsp3) is 0.235. The van der Waals surface area contributed by atoms with Gasteiger partial charge in [0.2, 0.25) is 0 Å². The summed E-state index contributed by atoms with van der Waals surface area (Å²) in [5, 5.41) is -0.545. The Morgan fingerprint density at radius 1 is 1.04 bits per heavy atom. The van der Waals surface area contributed by atoms with Gasteiger partial charge in [-0.1, -0.05) is 30.3 Å². The van der Waals surface area contributed by atoms with Crippen LogP contribution in [0.2, 0.25) is 0 Å². The molecule has 1 atom stereocenters. The average Bonchev–Trinajstić information content (AvgIpc) is 3.06. The zero-order chi connectivity index (χ0) is 16.4. The highest BCUT2D eigenvalue weighted by Crippen LogP contribution is 2.26. The number of likely N-dealkylation sites (tertiary alicyclic amines) is 1. The second kappa shape index (κ2) is 6.45. The Bertz CT molecular complexity index is 821. The summed E-state index contributed by atoms with van der Waals surface area (Å²) in [6.45, 7) is 0.689. The summed E-state index contributed by atoms with van der Waals surface area (Å²) >= 11 is 3.37. The van der Waals surface area contributed by atoms with Crippen LogP contribution in [-0.4, -0.2) is 37.6 Å². The van der Waals surface area contributed by atoms with E-state index >= 15 is 0 Å². The van der Waals surface area contributed by atoms with Crippen molar-refractivity contribution in [3.63, 3.8) is 0 Å². The van der Waals surface area contributed by atoms with Gasteiger partial charge in [0.1, 0.15) is 0 Å². The van der Waals surface area contributed by atoms with Crippen molar-refractivity contribution >= 4 is 31.7 Å². The van der Waals surface area contributed by atoms with Gasteiger partial charge >= 0.3 is 0 Å². The normalized spacial score (nSPS) is 18.1. The Morgan fingerprint density at radius 2 is 1.70 bits per heavy atom. The van der Waals surface area contributed by atoms with Gasteiger partial charge in [0.05, 0.1) is 15.7 Å². The lowest BCUT2D eigenvalue weighted by molar-refractivity contribution is 0.0792. The van der Waals surface area contributed by atoms with Crippen molar-refractivity contribution < 1.29 is 13.2 Å². The number of amides is 1. The van der Waals surface area contributed by atoms with Crippen LogP contribution in [0.1, 0.15) is 16.8 Å². The van der Waals surface area contributed by atoms with Gasteiger partial charge in [-0.15, -0.1) is 0 Å². The average molecular weight is 394 g/mol. The molecule has 2 aromatic carbocycles. The molecule has 23 heavy (non-hydrogen) atoms. The van der Waals surface area contributed by atoms with Crippen molar-refractivity contribution in [3.8, 4) is 0 Å². The van der Waals surface area contributed by atoms with E-state index in [2.05, 4.69) is 15.9 Å². The van der Waals surface area contributed by atoms with Crippen LogP contribution in [0.5, 0.6) is 0 Å². The summed E-state index contributed by atoms with van der Waals surface area (Å²) < 4.78 is 26.0. The molecular weight excluding hydrogens is 378 g/mol. The molecule has 0 saturated carbocycles. The summed E-state index contributed by atoms with van der Waals surface area (Å²) in [6.07, 6.45) is 0.466. The minimum Gasteiger partial charge on any atom is -0.337 e. The van der Waals surface area contributed by atoms with Gasteiger partial charge in [-0.05, 0) is 46.6 Å². The van der Waals surface area contributed by atoms with Gasteiger partial charge in [0.15, 0.2) is 9.84 Å². The highest BCUT2D eigenvalue weighted by atomic mass is 79.9. The number of hydrogen-bond donors (Lipinski definition) is 0. The van der Waals surface area contributed by atoms with E-state index in [0.29, 0.717) is 23.4 Å². The lowest BCUT2D eigenvalue weighted by Crippen LogP contribution is -2.32. The smallest absolute Gasteiger partial charge is 0.255 e.